The summed E-state index contributed by atoms with van der Waals surface area (Å²) in [5, 5.41) is 9.99. The van der Waals surface area contributed by atoms with E-state index in [1.54, 1.807) is 6.07 Å². The topological polar surface area (TPSA) is 36.7 Å². The fourth-order valence-corrected chi connectivity index (χ4v) is 3.92. The van der Waals surface area contributed by atoms with Crippen molar-refractivity contribution < 1.29 is 13.2 Å². The predicted molar refractivity (Wildman–Crippen MR) is 91.1 cm³/mol. The molecule has 0 aliphatic heterocycles. The van der Waals surface area contributed by atoms with Crippen LogP contribution in [0.2, 0.25) is 0 Å². The molecule has 0 bridgehead atoms. The summed E-state index contributed by atoms with van der Waals surface area (Å²) < 4.78 is 38.4. The van der Waals surface area contributed by atoms with Gasteiger partial charge in [0.2, 0.25) is 0 Å². The maximum atomic E-state index is 12.8. The first-order valence-corrected chi connectivity index (χ1v) is 9.07. The minimum atomic E-state index is -4.35. The average molecular weight is 362 g/mol. The third-order valence-corrected chi connectivity index (χ3v) is 5.41. The van der Waals surface area contributed by atoms with E-state index in [9.17, 15) is 18.4 Å². The zero-order valence-electron chi connectivity index (χ0n) is 13.7. The Balaban J connectivity index is 1.81. The number of alkyl halides is 3. The Labute approximate surface area is 149 Å². The molecule has 0 saturated heterocycles. The minimum Gasteiger partial charge on any atom is -0.245 e. The van der Waals surface area contributed by atoms with Gasteiger partial charge in [-0.15, -0.1) is 11.8 Å². The van der Waals surface area contributed by atoms with Gasteiger partial charge in [0.05, 0.1) is 11.1 Å². The Bertz CT molecular complexity index is 824. The molecule has 1 aliphatic rings. The van der Waals surface area contributed by atoms with Crippen molar-refractivity contribution in [2.75, 3.05) is 0 Å². The highest BCUT2D eigenvalue weighted by molar-refractivity contribution is 7.98. The molecule has 2 aromatic rings. The fraction of sp³-hybridized carbons (Fsp3) is 0.368. The third-order valence-electron chi connectivity index (χ3n) is 4.35. The highest BCUT2D eigenvalue weighted by Crippen LogP contribution is 2.33. The van der Waals surface area contributed by atoms with Crippen LogP contribution in [0.15, 0.2) is 35.4 Å². The Kier molecular flexibility index (Phi) is 5.05. The number of nitrogens with zero attached hydrogens (tertiary/aromatic N) is 2. The van der Waals surface area contributed by atoms with Gasteiger partial charge in [-0.25, -0.2) is 4.98 Å². The molecule has 1 aliphatic carbocycles. The van der Waals surface area contributed by atoms with Gasteiger partial charge in [0, 0.05) is 11.4 Å². The van der Waals surface area contributed by atoms with Crippen molar-refractivity contribution in [2.24, 2.45) is 5.92 Å². The zero-order valence-corrected chi connectivity index (χ0v) is 14.5. The van der Waals surface area contributed by atoms with Gasteiger partial charge < -0.3 is 0 Å². The standard InChI is InChI=1S/C19H17F3N2S/c1-12-5-6-17-14(7-12)9-15(10-23)18(24-17)25-11-13-3-2-4-16(8-13)19(20,21)22/h2-4,8-9,12H,5-7,11H2,1H3. The van der Waals surface area contributed by atoms with Crippen molar-refractivity contribution in [1.29, 1.82) is 5.26 Å². The second kappa shape index (κ2) is 7.09. The van der Waals surface area contributed by atoms with E-state index < -0.39 is 11.7 Å². The molecule has 1 aromatic carbocycles. The van der Waals surface area contributed by atoms with Crippen LogP contribution in [0, 0.1) is 17.2 Å². The number of fused-ring (bicyclic) bond motifs is 1. The maximum absolute atomic E-state index is 12.8. The fourth-order valence-electron chi connectivity index (χ4n) is 3.01. The number of rotatable bonds is 3. The van der Waals surface area contributed by atoms with Crippen LogP contribution < -0.4 is 0 Å². The largest absolute Gasteiger partial charge is 0.416 e. The number of thioether (sulfide) groups is 1. The molecule has 1 atom stereocenters. The highest BCUT2D eigenvalue weighted by atomic mass is 32.2. The third kappa shape index (κ3) is 4.16. The van der Waals surface area contributed by atoms with E-state index in [1.165, 1.54) is 17.8 Å². The summed E-state index contributed by atoms with van der Waals surface area (Å²) in [7, 11) is 0. The molecular weight excluding hydrogens is 345 g/mol. The van der Waals surface area contributed by atoms with Crippen molar-refractivity contribution in [3.05, 3.63) is 58.3 Å². The van der Waals surface area contributed by atoms with Crippen LogP contribution >= 0.6 is 11.8 Å². The van der Waals surface area contributed by atoms with Gasteiger partial charge in [-0.2, -0.15) is 18.4 Å². The summed E-state index contributed by atoms with van der Waals surface area (Å²) in [4.78, 5) is 4.62. The van der Waals surface area contributed by atoms with Crippen molar-refractivity contribution >= 4 is 11.8 Å². The summed E-state index contributed by atoms with van der Waals surface area (Å²) in [5.41, 5.74) is 2.56. The lowest BCUT2D eigenvalue weighted by Crippen LogP contribution is -2.14. The van der Waals surface area contributed by atoms with E-state index in [2.05, 4.69) is 18.0 Å². The van der Waals surface area contributed by atoms with Gasteiger partial charge in [0.25, 0.3) is 0 Å². The van der Waals surface area contributed by atoms with E-state index in [4.69, 9.17) is 0 Å². The first-order chi connectivity index (χ1) is 11.9. The van der Waals surface area contributed by atoms with Crippen LogP contribution in [-0.4, -0.2) is 4.98 Å². The minimum absolute atomic E-state index is 0.348. The van der Waals surface area contributed by atoms with Crippen LogP contribution in [0.1, 0.15) is 41.3 Å². The molecule has 0 amide bonds. The molecule has 0 fully saturated rings. The molecule has 3 rings (SSSR count). The second-order valence-electron chi connectivity index (χ2n) is 6.39. The highest BCUT2D eigenvalue weighted by Gasteiger charge is 2.30. The van der Waals surface area contributed by atoms with Crippen molar-refractivity contribution in [1.82, 2.24) is 4.98 Å². The van der Waals surface area contributed by atoms with Crippen LogP contribution in [0.25, 0.3) is 0 Å². The van der Waals surface area contributed by atoms with Crippen molar-refractivity contribution in [2.45, 2.75) is 43.1 Å². The van der Waals surface area contributed by atoms with E-state index >= 15 is 0 Å². The normalized spacial score (nSPS) is 17.0. The predicted octanol–water partition coefficient (Wildman–Crippen LogP) is 5.39. The SMILES string of the molecule is CC1CCc2nc(SCc3cccc(C(F)(F)F)c3)c(C#N)cc2C1. The molecule has 1 heterocycles. The van der Waals surface area contributed by atoms with Gasteiger partial charge in [-0.1, -0.05) is 25.1 Å². The smallest absolute Gasteiger partial charge is 0.245 e. The van der Waals surface area contributed by atoms with E-state index in [0.717, 1.165) is 42.7 Å². The quantitative estimate of drug-likeness (QED) is 0.687. The lowest BCUT2D eigenvalue weighted by Gasteiger charge is -2.21. The summed E-state index contributed by atoms with van der Waals surface area (Å²) in [6, 6.07) is 9.35. The number of nitriles is 1. The average Bonchev–Trinajstić information content (AvgIpc) is 2.58. The van der Waals surface area contributed by atoms with Crippen LogP contribution in [0.4, 0.5) is 13.2 Å². The van der Waals surface area contributed by atoms with Crippen molar-refractivity contribution in [3.63, 3.8) is 0 Å². The molecular formula is C19H17F3N2S. The van der Waals surface area contributed by atoms with E-state index in [0.29, 0.717) is 27.8 Å². The summed E-state index contributed by atoms with van der Waals surface area (Å²) in [6.07, 6.45) is -1.46. The molecule has 0 radical (unpaired) electrons. The molecule has 6 heteroatoms. The number of aryl methyl sites for hydroxylation is 1. The van der Waals surface area contributed by atoms with Gasteiger partial charge in [0.1, 0.15) is 11.1 Å². The number of aromatic nitrogens is 1. The maximum Gasteiger partial charge on any atom is 0.416 e. The Hall–Kier alpha value is -2.00. The lowest BCUT2D eigenvalue weighted by molar-refractivity contribution is -0.137. The second-order valence-corrected chi connectivity index (χ2v) is 7.36. The van der Waals surface area contributed by atoms with Gasteiger partial charge in [-0.05, 0) is 48.4 Å². The van der Waals surface area contributed by atoms with E-state index in [-0.39, 0.29) is 0 Å². The Morgan fingerprint density at radius 1 is 1.32 bits per heavy atom. The monoisotopic (exact) mass is 362 g/mol. The lowest BCUT2D eigenvalue weighted by atomic mass is 9.87. The van der Waals surface area contributed by atoms with Crippen LogP contribution in [-0.2, 0) is 24.8 Å². The molecule has 130 valence electrons. The number of pyridine rings is 1. The molecule has 1 unspecified atom stereocenters. The summed E-state index contributed by atoms with van der Waals surface area (Å²) >= 11 is 1.32. The molecule has 2 nitrogen and oxygen atoms in total. The van der Waals surface area contributed by atoms with Gasteiger partial charge in [0.15, 0.2) is 0 Å². The Morgan fingerprint density at radius 3 is 2.84 bits per heavy atom. The van der Waals surface area contributed by atoms with E-state index in [1.807, 2.05) is 6.07 Å². The number of hydrogen-bond donors (Lipinski definition) is 0. The first-order valence-electron chi connectivity index (χ1n) is 8.08. The van der Waals surface area contributed by atoms with Gasteiger partial charge >= 0.3 is 6.18 Å². The molecule has 0 spiro atoms. The summed E-state index contributed by atoms with van der Waals surface area (Å²) in [5.74, 6) is 0.935. The molecule has 0 N–H and O–H groups in total. The first kappa shape index (κ1) is 17.8. The zero-order chi connectivity index (χ0) is 18.0. The Morgan fingerprint density at radius 2 is 2.12 bits per heavy atom. The number of hydrogen-bond acceptors (Lipinski definition) is 3. The van der Waals surface area contributed by atoms with Crippen LogP contribution in [0.3, 0.4) is 0 Å². The number of benzene rings is 1. The van der Waals surface area contributed by atoms with Crippen LogP contribution in [0.5, 0.6) is 0 Å². The molecule has 25 heavy (non-hydrogen) atoms. The molecule has 1 aromatic heterocycles. The van der Waals surface area contributed by atoms with Gasteiger partial charge in [-0.3, -0.25) is 0 Å². The number of halogens is 3. The summed E-state index contributed by atoms with van der Waals surface area (Å²) in [6.45, 7) is 2.19. The van der Waals surface area contributed by atoms with Crippen molar-refractivity contribution in [3.8, 4) is 6.07 Å². The molecule has 0 saturated carbocycles.